The Balaban J connectivity index is -0.000000259. The second kappa shape index (κ2) is 17.3. The van der Waals surface area contributed by atoms with Crippen LogP contribution in [0.5, 0.6) is 0 Å². The molecular formula is C13H26O4. The van der Waals surface area contributed by atoms with Gasteiger partial charge in [0.05, 0.1) is 6.61 Å². The van der Waals surface area contributed by atoms with Gasteiger partial charge in [0.1, 0.15) is 0 Å². The van der Waals surface area contributed by atoms with Gasteiger partial charge in [-0.1, -0.05) is 40.5 Å². The summed E-state index contributed by atoms with van der Waals surface area (Å²) >= 11 is 0. The Morgan fingerprint density at radius 1 is 1.41 bits per heavy atom. The number of rotatable bonds is 4. The standard InChI is InChI=1S/C8H16O2.C3H6.CO2.CH4/c1-7(2)5-4-6-10-8(3)9;1-2-3-1;2-1-3;/h7H,4-6H2,1-3H3;1-3H2;;1H4/i3D;;;1D. The van der Waals surface area contributed by atoms with E-state index in [1.54, 1.807) is 0 Å². The van der Waals surface area contributed by atoms with Crippen LogP contribution in [-0.4, -0.2) is 18.7 Å². The maximum absolute atomic E-state index is 10.4. The smallest absolute Gasteiger partial charge is 0.373 e. The molecule has 0 aromatic heterocycles. The van der Waals surface area contributed by atoms with Crippen LogP contribution in [0.15, 0.2) is 0 Å². The second-order valence-corrected chi connectivity index (χ2v) is 3.90. The van der Waals surface area contributed by atoms with Crippen molar-refractivity contribution in [3.8, 4) is 0 Å². The van der Waals surface area contributed by atoms with Crippen LogP contribution >= 0.6 is 0 Å². The van der Waals surface area contributed by atoms with Crippen LogP contribution in [0.4, 0.5) is 0 Å². The number of carbonyl (C=O) groups is 1. The van der Waals surface area contributed by atoms with Gasteiger partial charge in [-0.15, -0.1) is 0 Å². The van der Waals surface area contributed by atoms with Gasteiger partial charge in [0, 0.05) is 9.64 Å². The largest absolute Gasteiger partial charge is 0.466 e. The molecule has 0 saturated heterocycles. The van der Waals surface area contributed by atoms with Gasteiger partial charge in [-0.05, 0) is 18.8 Å². The molecule has 4 nitrogen and oxygen atoms in total. The van der Waals surface area contributed by atoms with Crippen LogP contribution in [0.3, 0.4) is 0 Å². The van der Waals surface area contributed by atoms with Gasteiger partial charge in [0.25, 0.3) is 0 Å². The quantitative estimate of drug-likeness (QED) is 0.566. The molecule has 1 aliphatic rings. The Labute approximate surface area is 108 Å². The first-order valence-corrected chi connectivity index (χ1v) is 5.52. The van der Waals surface area contributed by atoms with Crippen molar-refractivity contribution in [2.75, 3.05) is 6.61 Å². The van der Waals surface area contributed by atoms with Gasteiger partial charge in [-0.3, -0.25) is 4.79 Å². The third-order valence-electron chi connectivity index (χ3n) is 1.54. The van der Waals surface area contributed by atoms with Crippen molar-refractivity contribution >= 4 is 12.1 Å². The van der Waals surface area contributed by atoms with Crippen LogP contribution in [0.25, 0.3) is 0 Å². The average Bonchev–Trinajstić information content (AvgIpc) is 3.25. The zero-order chi connectivity index (χ0) is 15.5. The Bertz CT molecular complexity index is 210. The molecule has 0 aromatic carbocycles. The van der Waals surface area contributed by atoms with Gasteiger partial charge in [-0.2, -0.15) is 9.59 Å². The lowest BCUT2D eigenvalue weighted by Gasteiger charge is -2.03. The number of carbonyl (C=O) groups excluding carboxylic acids is 3. The van der Waals surface area contributed by atoms with Crippen LogP contribution in [0, 0.1) is 5.92 Å². The van der Waals surface area contributed by atoms with E-state index < -0.39 is 5.97 Å². The van der Waals surface area contributed by atoms with Crippen molar-refractivity contribution in [2.24, 2.45) is 5.92 Å². The summed E-state index contributed by atoms with van der Waals surface area (Å²) in [6.45, 7) is 4.47. The fourth-order valence-electron chi connectivity index (χ4n) is 0.678. The Kier molecular flexibility index (Phi) is 16.1. The van der Waals surface area contributed by atoms with Gasteiger partial charge >= 0.3 is 12.1 Å². The molecule has 1 rings (SSSR count). The second-order valence-electron chi connectivity index (χ2n) is 3.90. The van der Waals surface area contributed by atoms with E-state index in [9.17, 15) is 4.79 Å². The minimum atomic E-state index is -0.422. The van der Waals surface area contributed by atoms with E-state index in [0.29, 0.717) is 12.5 Å². The Hall–Kier alpha value is -1.15. The van der Waals surface area contributed by atoms with Gasteiger partial charge < -0.3 is 4.74 Å². The fourth-order valence-corrected chi connectivity index (χ4v) is 0.678. The number of ether oxygens (including phenoxy) is 1. The summed E-state index contributed by atoms with van der Waals surface area (Å²) in [7, 11) is 1.25. The first-order chi connectivity index (χ1) is 9.08. The SMILES string of the molecule is C1CC1.O=C=O.[2H]C.[2H]CC(=O)OCCCC(C)C. The molecule has 1 saturated carbocycles. The average molecular weight is 248 g/mol. The molecule has 1 aliphatic carbocycles. The van der Waals surface area contributed by atoms with E-state index >= 15 is 0 Å². The van der Waals surface area contributed by atoms with Crippen LogP contribution in [-0.2, 0) is 19.1 Å². The maximum atomic E-state index is 10.4. The highest BCUT2D eigenvalue weighted by Crippen LogP contribution is 2.14. The minimum Gasteiger partial charge on any atom is -0.466 e. The predicted molar refractivity (Wildman–Crippen MR) is 66.3 cm³/mol. The molecule has 0 spiro atoms. The molecule has 0 aromatic rings. The molecule has 0 aliphatic heterocycles. The van der Waals surface area contributed by atoms with E-state index in [0.717, 1.165) is 12.8 Å². The van der Waals surface area contributed by atoms with Crippen molar-refractivity contribution in [2.45, 2.75) is 60.3 Å². The Morgan fingerprint density at radius 3 is 2.18 bits per heavy atom. The summed E-state index contributed by atoms with van der Waals surface area (Å²) in [5.41, 5.74) is 0. The van der Waals surface area contributed by atoms with Crippen molar-refractivity contribution in [3.05, 3.63) is 0 Å². The molecule has 0 radical (unpaired) electrons. The Morgan fingerprint density at radius 2 is 1.88 bits per heavy atom. The highest BCUT2D eigenvalue weighted by atomic mass is 16.5. The lowest BCUT2D eigenvalue weighted by Crippen LogP contribution is -2.01. The summed E-state index contributed by atoms with van der Waals surface area (Å²) < 4.78 is 17.1. The summed E-state index contributed by atoms with van der Waals surface area (Å²) in [4.78, 5) is 26.7. The van der Waals surface area contributed by atoms with Gasteiger partial charge in [0.15, 0.2) is 0 Å². The van der Waals surface area contributed by atoms with Crippen molar-refractivity contribution in [1.29, 1.82) is 0 Å². The topological polar surface area (TPSA) is 60.4 Å². The maximum Gasteiger partial charge on any atom is 0.373 e. The first-order valence-electron chi connectivity index (χ1n) is 7.23. The molecule has 102 valence electrons. The lowest BCUT2D eigenvalue weighted by molar-refractivity contribution is -0.191. The van der Waals surface area contributed by atoms with Crippen LogP contribution < -0.4 is 0 Å². The van der Waals surface area contributed by atoms with Crippen molar-refractivity contribution < 1.29 is 21.9 Å². The molecule has 0 atom stereocenters. The van der Waals surface area contributed by atoms with Gasteiger partial charge in [-0.25, -0.2) is 0 Å². The summed E-state index contributed by atoms with van der Waals surface area (Å²) in [5, 5.41) is 0. The molecule has 17 heavy (non-hydrogen) atoms. The molecule has 0 heterocycles. The molecule has 4 heteroatoms. The van der Waals surface area contributed by atoms with Gasteiger partial charge in [0.2, 0.25) is 0 Å². The number of esters is 1. The third-order valence-corrected chi connectivity index (χ3v) is 1.54. The molecule has 0 N–H and O–H groups in total. The van der Waals surface area contributed by atoms with E-state index in [1.807, 2.05) is 0 Å². The van der Waals surface area contributed by atoms with Crippen LogP contribution in [0.2, 0.25) is 0 Å². The normalized spacial score (nSPS) is 11.8. The van der Waals surface area contributed by atoms with E-state index in [4.69, 9.17) is 17.1 Å². The first kappa shape index (κ1) is 15.9. The highest BCUT2D eigenvalue weighted by Gasteiger charge is 1.95. The summed E-state index contributed by atoms with van der Waals surface area (Å²) in [6.07, 6.45) is 6.73. The molecule has 0 amide bonds. The highest BCUT2D eigenvalue weighted by molar-refractivity contribution is 5.65. The van der Waals surface area contributed by atoms with E-state index in [-0.39, 0.29) is 13.1 Å². The fraction of sp³-hybridized carbons (Fsp3) is 0.846. The number of hydrogen-bond acceptors (Lipinski definition) is 4. The van der Waals surface area contributed by atoms with Crippen molar-refractivity contribution in [1.82, 2.24) is 0 Å². The zero-order valence-corrected chi connectivity index (χ0v) is 11.2. The summed E-state index contributed by atoms with van der Waals surface area (Å²) in [5.74, 6) is 0.235. The van der Waals surface area contributed by atoms with Crippen molar-refractivity contribution in [3.63, 3.8) is 0 Å². The molecular weight excluding hydrogens is 220 g/mol. The molecule has 1 fully saturated rings. The molecule has 0 bridgehead atoms. The predicted octanol–water partition coefficient (Wildman–Crippen LogP) is 3.21. The van der Waals surface area contributed by atoms with E-state index in [1.165, 1.54) is 26.7 Å². The third kappa shape index (κ3) is 52.3. The zero-order valence-electron chi connectivity index (χ0n) is 13.2. The molecule has 0 unspecified atom stereocenters. The minimum absolute atomic E-state index is 0.250. The lowest BCUT2D eigenvalue weighted by atomic mass is 10.1. The summed E-state index contributed by atoms with van der Waals surface area (Å²) in [6, 6.07) is 0. The van der Waals surface area contributed by atoms with Crippen LogP contribution in [0.1, 0.15) is 63.0 Å². The number of hydrogen-bond donors (Lipinski definition) is 0. The monoisotopic (exact) mass is 248 g/mol. The van der Waals surface area contributed by atoms with E-state index in [2.05, 4.69) is 13.8 Å².